The summed E-state index contributed by atoms with van der Waals surface area (Å²) in [6.45, 7) is -0.570. The van der Waals surface area contributed by atoms with E-state index in [-0.39, 0.29) is 18.7 Å². The number of carbonyl (C=O) groups excluding carboxylic acids is 1. The molecule has 2 aromatic heterocycles. The average molecular weight is 573 g/mol. The Hall–Kier alpha value is -3.69. The van der Waals surface area contributed by atoms with E-state index in [1.807, 2.05) is 0 Å². The van der Waals surface area contributed by atoms with Crippen molar-refractivity contribution in [2.75, 3.05) is 11.4 Å². The number of nitrogens with one attached hydrogen (secondary N) is 1. The maximum atomic E-state index is 14.4. The Morgan fingerprint density at radius 3 is 2.26 bits per heavy atom. The van der Waals surface area contributed by atoms with E-state index < -0.39 is 62.5 Å². The van der Waals surface area contributed by atoms with Gasteiger partial charge in [-0.2, -0.15) is 19.7 Å². The first-order valence-electron chi connectivity index (χ1n) is 10.8. The summed E-state index contributed by atoms with van der Waals surface area (Å²) in [6.07, 6.45) is 1.26. The van der Waals surface area contributed by atoms with Crippen LogP contribution in [0.15, 0.2) is 41.4 Å². The van der Waals surface area contributed by atoms with Crippen molar-refractivity contribution < 1.29 is 35.2 Å². The molecule has 0 radical (unpaired) electrons. The van der Waals surface area contributed by atoms with Crippen LogP contribution in [0.3, 0.4) is 0 Å². The zero-order valence-electron chi connectivity index (χ0n) is 18.8. The molecule has 0 aliphatic carbocycles. The minimum absolute atomic E-state index is 0.0792. The van der Waals surface area contributed by atoms with Crippen LogP contribution in [0.25, 0.3) is 11.0 Å². The number of aromatic amines is 1. The predicted octanol–water partition coefficient (Wildman–Crippen LogP) is 3.70. The van der Waals surface area contributed by atoms with Gasteiger partial charge >= 0.3 is 0 Å². The summed E-state index contributed by atoms with van der Waals surface area (Å²) in [7, 11) is -5.31. The fourth-order valence-electron chi connectivity index (χ4n) is 3.96. The van der Waals surface area contributed by atoms with Gasteiger partial charge in [-0.1, -0.05) is 11.6 Å². The second kappa shape index (κ2) is 9.56. The number of carbonyl (C=O) groups is 1. The van der Waals surface area contributed by atoms with Crippen molar-refractivity contribution in [3.8, 4) is 0 Å². The lowest BCUT2D eigenvalue weighted by Gasteiger charge is -2.41. The lowest BCUT2D eigenvalue weighted by Crippen LogP contribution is -2.59. The Labute approximate surface area is 215 Å². The molecule has 4 aromatic rings. The molecule has 16 heteroatoms. The minimum Gasteiger partial charge on any atom is -0.305 e. The van der Waals surface area contributed by atoms with Gasteiger partial charge in [0.1, 0.15) is 17.1 Å². The molecule has 1 atom stereocenters. The Balaban J connectivity index is 1.53. The lowest BCUT2D eigenvalue weighted by molar-refractivity contribution is -0.125. The van der Waals surface area contributed by atoms with Crippen molar-refractivity contribution in [3.05, 3.63) is 76.3 Å². The van der Waals surface area contributed by atoms with Crippen LogP contribution in [-0.2, 0) is 21.4 Å². The molecule has 1 saturated heterocycles. The second-order valence-electron chi connectivity index (χ2n) is 8.21. The molecule has 38 heavy (non-hydrogen) atoms. The third-order valence-electron chi connectivity index (χ3n) is 5.98. The van der Waals surface area contributed by atoms with Gasteiger partial charge in [0.25, 0.3) is 0 Å². The molecule has 1 amide bonds. The van der Waals surface area contributed by atoms with E-state index in [9.17, 15) is 35.2 Å². The van der Waals surface area contributed by atoms with Crippen molar-refractivity contribution in [1.82, 2.24) is 24.7 Å². The van der Waals surface area contributed by atoms with Crippen molar-refractivity contribution >= 4 is 44.3 Å². The number of sulfonamides is 1. The van der Waals surface area contributed by atoms with Crippen LogP contribution in [-0.4, -0.2) is 51.6 Å². The Bertz CT molecular complexity index is 1660. The SMILES string of the molecule is O=C([C@H]1CCN1S(=O)(=O)c1c(F)c(F)c(F)c(F)c1F)N(Cc1ccc(Cl)cn1)c1ccc2n[nH]nc2c1. The minimum atomic E-state index is -5.31. The van der Waals surface area contributed by atoms with E-state index in [1.165, 1.54) is 30.5 Å². The summed E-state index contributed by atoms with van der Waals surface area (Å²) < 4.78 is 96.2. The number of benzene rings is 2. The molecule has 1 aliphatic heterocycles. The van der Waals surface area contributed by atoms with Crippen LogP contribution in [0.2, 0.25) is 5.02 Å². The predicted molar refractivity (Wildman–Crippen MR) is 123 cm³/mol. The van der Waals surface area contributed by atoms with Crippen molar-refractivity contribution in [1.29, 1.82) is 0 Å². The fraction of sp³-hybridized carbons (Fsp3) is 0.182. The highest BCUT2D eigenvalue weighted by atomic mass is 35.5. The number of fused-ring (bicyclic) bond motifs is 1. The molecule has 0 spiro atoms. The molecule has 9 nitrogen and oxygen atoms in total. The highest BCUT2D eigenvalue weighted by molar-refractivity contribution is 7.89. The number of rotatable bonds is 6. The smallest absolute Gasteiger partial charge is 0.249 e. The van der Waals surface area contributed by atoms with Crippen LogP contribution in [0.4, 0.5) is 27.6 Å². The average Bonchev–Trinajstić information content (AvgIpc) is 3.33. The summed E-state index contributed by atoms with van der Waals surface area (Å²) >= 11 is 5.87. The molecule has 5 rings (SSSR count). The number of hydrogen-bond acceptors (Lipinski definition) is 6. The van der Waals surface area contributed by atoms with Crippen LogP contribution in [0, 0.1) is 29.1 Å². The summed E-state index contributed by atoms with van der Waals surface area (Å²) in [5, 5.41) is 10.6. The third kappa shape index (κ3) is 4.25. The van der Waals surface area contributed by atoms with Gasteiger partial charge < -0.3 is 4.90 Å². The number of pyridine rings is 1. The summed E-state index contributed by atoms with van der Waals surface area (Å²) in [5.41, 5.74) is 1.47. The fourth-order valence-corrected chi connectivity index (χ4v) is 5.82. The van der Waals surface area contributed by atoms with E-state index in [2.05, 4.69) is 20.4 Å². The molecule has 0 unspecified atom stereocenters. The quantitative estimate of drug-likeness (QED) is 0.214. The number of hydrogen-bond donors (Lipinski definition) is 1. The van der Waals surface area contributed by atoms with Crippen LogP contribution < -0.4 is 4.90 Å². The topological polar surface area (TPSA) is 112 Å². The van der Waals surface area contributed by atoms with Crippen LogP contribution in [0.5, 0.6) is 0 Å². The standard InChI is InChI=1S/C22H14ClF5N6O3S/c23-10-1-2-11(29-8-10)9-33(12-3-4-13-14(7-12)31-32-30-13)22(35)15-5-6-34(15)38(36,37)21-19(27)17(25)16(24)18(26)20(21)28/h1-4,7-8,15H,5-6,9H2,(H,30,31,32)/t15-/m1/s1. The summed E-state index contributed by atoms with van der Waals surface area (Å²) in [4.78, 5) is 16.9. The largest absolute Gasteiger partial charge is 0.305 e. The van der Waals surface area contributed by atoms with Crippen molar-refractivity contribution in [3.63, 3.8) is 0 Å². The Kier molecular flexibility index (Phi) is 6.53. The molecule has 2 aromatic carbocycles. The number of aromatic nitrogens is 4. The molecule has 3 heterocycles. The molecule has 1 fully saturated rings. The van der Waals surface area contributed by atoms with E-state index >= 15 is 0 Å². The molecule has 1 aliphatic rings. The highest BCUT2D eigenvalue weighted by Crippen LogP contribution is 2.35. The van der Waals surface area contributed by atoms with E-state index in [4.69, 9.17) is 11.6 Å². The van der Waals surface area contributed by atoms with Gasteiger partial charge in [-0.05, 0) is 36.8 Å². The first kappa shape index (κ1) is 25.9. The first-order valence-corrected chi connectivity index (χ1v) is 12.6. The maximum Gasteiger partial charge on any atom is 0.249 e. The first-order chi connectivity index (χ1) is 18.0. The molecule has 0 saturated carbocycles. The van der Waals surface area contributed by atoms with Gasteiger partial charge in [-0.15, -0.1) is 0 Å². The van der Waals surface area contributed by atoms with Crippen LogP contribution in [0.1, 0.15) is 12.1 Å². The van der Waals surface area contributed by atoms with Gasteiger partial charge in [0, 0.05) is 18.4 Å². The summed E-state index contributed by atoms with van der Waals surface area (Å²) in [6, 6.07) is 6.11. The maximum absolute atomic E-state index is 14.4. The number of halogens is 6. The molecular formula is C22H14ClF5N6O3S. The van der Waals surface area contributed by atoms with Crippen LogP contribution >= 0.6 is 11.6 Å². The van der Waals surface area contributed by atoms with E-state index in [0.717, 1.165) is 4.90 Å². The normalized spacial score (nSPS) is 16.0. The van der Waals surface area contributed by atoms with Crippen molar-refractivity contribution in [2.45, 2.75) is 23.9 Å². The number of nitrogens with zero attached hydrogens (tertiary/aromatic N) is 5. The van der Waals surface area contributed by atoms with Gasteiger partial charge in [0.05, 0.1) is 17.3 Å². The zero-order chi connectivity index (χ0) is 27.4. The number of H-pyrrole nitrogens is 1. The highest BCUT2D eigenvalue weighted by Gasteiger charge is 2.48. The number of anilines is 1. The molecular weight excluding hydrogens is 559 g/mol. The Morgan fingerprint density at radius 2 is 1.66 bits per heavy atom. The number of amides is 1. The van der Waals surface area contributed by atoms with E-state index in [0.29, 0.717) is 26.1 Å². The van der Waals surface area contributed by atoms with Gasteiger partial charge in [0.15, 0.2) is 28.2 Å². The Morgan fingerprint density at radius 1 is 1.00 bits per heavy atom. The van der Waals surface area contributed by atoms with Gasteiger partial charge in [-0.3, -0.25) is 9.78 Å². The second-order valence-corrected chi connectivity index (χ2v) is 10.5. The van der Waals surface area contributed by atoms with Gasteiger partial charge in [-0.25, -0.2) is 30.4 Å². The van der Waals surface area contributed by atoms with Crippen molar-refractivity contribution in [2.24, 2.45) is 0 Å². The lowest BCUT2D eigenvalue weighted by atomic mass is 10.0. The molecule has 198 valence electrons. The van der Waals surface area contributed by atoms with Gasteiger partial charge in [0.2, 0.25) is 21.7 Å². The zero-order valence-corrected chi connectivity index (χ0v) is 20.4. The monoisotopic (exact) mass is 572 g/mol. The summed E-state index contributed by atoms with van der Waals surface area (Å²) in [5.74, 6) is -13.2. The third-order valence-corrected chi connectivity index (χ3v) is 8.13. The molecule has 0 bridgehead atoms. The molecule has 1 N–H and O–H groups in total. The van der Waals surface area contributed by atoms with E-state index in [1.54, 1.807) is 6.07 Å².